The predicted molar refractivity (Wildman–Crippen MR) is 53.3 cm³/mol. The molecule has 1 rings (SSSR count). The maximum Gasteiger partial charge on any atom is 0.266 e. The van der Waals surface area contributed by atoms with Crippen molar-refractivity contribution in [2.24, 2.45) is 0 Å². The first kappa shape index (κ1) is 12.7. The molecule has 1 aliphatic carbocycles. The van der Waals surface area contributed by atoms with E-state index in [0.717, 1.165) is 6.08 Å². The summed E-state index contributed by atoms with van der Waals surface area (Å²) in [6.07, 6.45) is 7.35. The molecule has 13 heavy (non-hydrogen) atoms. The van der Waals surface area contributed by atoms with Crippen LogP contribution >= 0.6 is 23.2 Å². The van der Waals surface area contributed by atoms with Crippen LogP contribution in [0.15, 0.2) is 36.5 Å². The monoisotopic (exact) mass is 226 g/mol. The van der Waals surface area contributed by atoms with Crippen LogP contribution in [0.25, 0.3) is 0 Å². The van der Waals surface area contributed by atoms with Crippen molar-refractivity contribution in [3.63, 3.8) is 0 Å². The minimum Gasteiger partial charge on any atom is -0.174 e. The summed E-state index contributed by atoms with van der Waals surface area (Å²) in [5.74, 6) is 0. The second-order valence-corrected chi connectivity index (χ2v) is 3.87. The van der Waals surface area contributed by atoms with Gasteiger partial charge in [-0.15, -0.1) is 0 Å². The molecule has 0 aromatic carbocycles. The van der Waals surface area contributed by atoms with Crippen LogP contribution in [0, 0.1) is 0 Å². The van der Waals surface area contributed by atoms with Crippen LogP contribution < -0.4 is 0 Å². The van der Waals surface area contributed by atoms with Crippen LogP contribution in [-0.4, -0.2) is 4.33 Å². The largest absolute Gasteiger partial charge is 0.266 e. The van der Waals surface area contributed by atoms with Crippen molar-refractivity contribution in [3.05, 3.63) is 36.5 Å². The second-order valence-electron chi connectivity index (χ2n) is 2.33. The van der Waals surface area contributed by atoms with Gasteiger partial charge in [0.1, 0.15) is 4.33 Å². The lowest BCUT2D eigenvalue weighted by Gasteiger charge is -2.13. The Morgan fingerprint density at radius 1 is 1.38 bits per heavy atom. The summed E-state index contributed by atoms with van der Waals surface area (Å²) in [6.45, 7) is 1.29. The van der Waals surface area contributed by atoms with E-state index >= 15 is 0 Å². The van der Waals surface area contributed by atoms with Crippen molar-refractivity contribution >= 4 is 23.2 Å². The van der Waals surface area contributed by atoms with E-state index in [0.29, 0.717) is 6.42 Å². The molecule has 0 aliphatic heterocycles. The van der Waals surface area contributed by atoms with Gasteiger partial charge in [-0.3, -0.25) is 0 Å². The second kappa shape index (κ2) is 6.17. The third-order valence-corrected chi connectivity index (χ3v) is 1.76. The predicted octanol–water partition coefficient (Wildman–Crippen LogP) is 4.46. The molecule has 1 aliphatic rings. The Hall–Kier alpha value is -0.340. The van der Waals surface area contributed by atoms with Gasteiger partial charge < -0.3 is 0 Å². The summed E-state index contributed by atoms with van der Waals surface area (Å²) >= 11 is 11.4. The first-order chi connectivity index (χ1) is 5.98. The van der Waals surface area contributed by atoms with Gasteiger partial charge in [-0.2, -0.15) is 8.78 Å². The Balaban J connectivity index is 0.000000252. The summed E-state index contributed by atoms with van der Waals surface area (Å²) < 4.78 is 20.6. The van der Waals surface area contributed by atoms with E-state index in [1.54, 1.807) is 6.08 Å². The Kier molecular flexibility index (Phi) is 6.00. The van der Waals surface area contributed by atoms with Gasteiger partial charge >= 0.3 is 0 Å². The molecule has 0 fully saturated rings. The lowest BCUT2D eigenvalue weighted by atomic mass is 10.2. The van der Waals surface area contributed by atoms with E-state index in [4.69, 9.17) is 23.2 Å². The third-order valence-electron chi connectivity index (χ3n) is 1.20. The van der Waals surface area contributed by atoms with Crippen molar-refractivity contribution in [1.82, 2.24) is 0 Å². The fourth-order valence-corrected chi connectivity index (χ4v) is 0.892. The molecule has 0 spiro atoms. The minimum absolute atomic E-state index is 0.644. The van der Waals surface area contributed by atoms with Crippen molar-refractivity contribution in [2.75, 3.05) is 0 Å². The summed E-state index contributed by atoms with van der Waals surface area (Å²) in [5.41, 5.74) is 0. The van der Waals surface area contributed by atoms with E-state index in [-0.39, 0.29) is 0 Å². The van der Waals surface area contributed by atoms with Crippen molar-refractivity contribution in [3.8, 4) is 0 Å². The van der Waals surface area contributed by atoms with Gasteiger partial charge in [0.05, 0.1) is 0 Å². The van der Waals surface area contributed by atoms with Crippen LogP contribution in [0.5, 0.6) is 0 Å². The molecule has 0 bridgehead atoms. The van der Waals surface area contributed by atoms with Gasteiger partial charge in [-0.05, 0) is 19.1 Å². The van der Waals surface area contributed by atoms with Crippen LogP contribution in [0.2, 0.25) is 0 Å². The minimum atomic E-state index is -1.62. The molecule has 0 unspecified atom stereocenters. The molecular formula is C9H10Cl2F2. The number of allylic oxidation sites excluding steroid dienone is 5. The molecule has 0 saturated heterocycles. The van der Waals surface area contributed by atoms with E-state index < -0.39 is 10.4 Å². The lowest BCUT2D eigenvalue weighted by Crippen LogP contribution is -2.07. The fourth-order valence-electron chi connectivity index (χ4n) is 0.568. The van der Waals surface area contributed by atoms with E-state index in [9.17, 15) is 8.78 Å². The molecule has 0 atom stereocenters. The van der Waals surface area contributed by atoms with Crippen LogP contribution in [-0.2, 0) is 0 Å². The summed E-state index contributed by atoms with van der Waals surface area (Å²) in [7, 11) is 0. The molecule has 0 saturated carbocycles. The normalized spacial score (nSPS) is 17.3. The molecule has 4 heteroatoms. The smallest absolute Gasteiger partial charge is 0.174 e. The van der Waals surface area contributed by atoms with Gasteiger partial charge in [-0.1, -0.05) is 41.4 Å². The van der Waals surface area contributed by atoms with E-state index in [2.05, 4.69) is 0 Å². The first-order valence-corrected chi connectivity index (χ1v) is 4.43. The van der Waals surface area contributed by atoms with Crippen LogP contribution in [0.1, 0.15) is 13.3 Å². The number of alkyl halides is 2. The van der Waals surface area contributed by atoms with Gasteiger partial charge in [0.2, 0.25) is 0 Å². The standard InChI is InChI=1S/C6H6Cl2.C3H4F2/c7-6(8)4-2-1-3-5-6;1-2-3(4)5/h1-4H,5H2;2H,1H3. The lowest BCUT2D eigenvalue weighted by molar-refractivity contribution is 0.420. The molecule has 0 aromatic heterocycles. The Morgan fingerprint density at radius 2 is 1.92 bits per heavy atom. The fraction of sp³-hybridized carbons (Fsp3) is 0.333. The number of rotatable bonds is 0. The molecular weight excluding hydrogens is 217 g/mol. The maximum absolute atomic E-state index is 10.6. The summed E-state index contributed by atoms with van der Waals surface area (Å²) in [6, 6.07) is 0. The van der Waals surface area contributed by atoms with Gasteiger partial charge in [0.15, 0.2) is 0 Å². The number of halogens is 4. The molecule has 74 valence electrons. The Morgan fingerprint density at radius 3 is 2.08 bits per heavy atom. The topological polar surface area (TPSA) is 0 Å². The quantitative estimate of drug-likeness (QED) is 0.536. The highest BCUT2D eigenvalue weighted by Crippen LogP contribution is 2.29. The maximum atomic E-state index is 10.6. The highest BCUT2D eigenvalue weighted by atomic mass is 35.5. The number of hydrogen-bond acceptors (Lipinski definition) is 0. The van der Waals surface area contributed by atoms with Crippen LogP contribution in [0.4, 0.5) is 8.78 Å². The molecule has 0 N–H and O–H groups in total. The van der Waals surface area contributed by atoms with Crippen molar-refractivity contribution in [1.29, 1.82) is 0 Å². The number of hydrogen-bond donors (Lipinski definition) is 0. The molecule has 0 nitrogen and oxygen atoms in total. The van der Waals surface area contributed by atoms with Crippen molar-refractivity contribution in [2.45, 2.75) is 17.7 Å². The van der Waals surface area contributed by atoms with E-state index in [1.807, 2.05) is 18.2 Å². The Labute approximate surface area is 86.5 Å². The Bertz CT molecular complexity index is 226. The van der Waals surface area contributed by atoms with E-state index in [1.165, 1.54) is 6.92 Å². The van der Waals surface area contributed by atoms with Gasteiger partial charge in [0.25, 0.3) is 6.08 Å². The summed E-state index contributed by atoms with van der Waals surface area (Å²) in [4.78, 5) is 0. The first-order valence-electron chi connectivity index (χ1n) is 3.67. The zero-order chi connectivity index (χ0) is 10.3. The van der Waals surface area contributed by atoms with Crippen LogP contribution in [0.3, 0.4) is 0 Å². The zero-order valence-electron chi connectivity index (χ0n) is 7.11. The zero-order valence-corrected chi connectivity index (χ0v) is 8.62. The average molecular weight is 227 g/mol. The highest BCUT2D eigenvalue weighted by molar-refractivity contribution is 6.50. The average Bonchev–Trinajstić information content (AvgIpc) is 2.05. The molecule has 0 aromatic rings. The van der Waals surface area contributed by atoms with Gasteiger partial charge in [0, 0.05) is 6.42 Å². The molecule has 0 heterocycles. The third kappa shape index (κ3) is 8.00. The van der Waals surface area contributed by atoms with Crippen molar-refractivity contribution < 1.29 is 8.78 Å². The highest BCUT2D eigenvalue weighted by Gasteiger charge is 2.18. The molecule has 0 amide bonds. The SMILES string of the molecule is CC=C(F)F.ClC1(Cl)C=CC=CC1. The van der Waals surface area contributed by atoms with Gasteiger partial charge in [-0.25, -0.2) is 0 Å². The summed E-state index contributed by atoms with van der Waals surface area (Å²) in [5, 5.41) is 0. The molecule has 0 radical (unpaired) electrons.